The molecule has 214 valence electrons. The second-order valence-electron chi connectivity index (χ2n) is 9.60. The lowest BCUT2D eigenvalue weighted by atomic mass is 9.95. The highest BCUT2D eigenvalue weighted by Crippen LogP contribution is 2.37. The molecule has 0 radical (unpaired) electrons. The fourth-order valence-corrected chi connectivity index (χ4v) is 5.76. The van der Waals surface area contributed by atoms with Crippen molar-refractivity contribution in [3.05, 3.63) is 63.6 Å². The summed E-state index contributed by atoms with van der Waals surface area (Å²) in [6.45, 7) is 0.611. The zero-order chi connectivity index (χ0) is 29.0. The monoisotopic (exact) mass is 607 g/mol. The first-order chi connectivity index (χ1) is 18.2. The predicted molar refractivity (Wildman–Crippen MR) is 145 cm³/mol. The third-order valence-corrected chi connectivity index (χ3v) is 8.29. The Morgan fingerprint density at radius 2 is 1.74 bits per heavy atom. The number of rotatable bonds is 9. The van der Waals surface area contributed by atoms with Crippen LogP contribution in [0.15, 0.2) is 42.5 Å². The van der Waals surface area contributed by atoms with E-state index >= 15 is 0 Å². The minimum Gasteiger partial charge on any atom is -0.352 e. The summed E-state index contributed by atoms with van der Waals surface area (Å²) >= 11 is 11.8. The van der Waals surface area contributed by atoms with E-state index in [9.17, 15) is 31.2 Å². The maximum absolute atomic E-state index is 13.6. The highest BCUT2D eigenvalue weighted by atomic mass is 35.5. The van der Waals surface area contributed by atoms with Gasteiger partial charge >= 0.3 is 6.18 Å². The molecule has 3 rings (SSSR count). The molecule has 1 aliphatic carbocycles. The highest BCUT2D eigenvalue weighted by molar-refractivity contribution is 7.92. The predicted octanol–water partition coefficient (Wildman–Crippen LogP) is 5.64. The van der Waals surface area contributed by atoms with E-state index in [-0.39, 0.29) is 18.3 Å². The van der Waals surface area contributed by atoms with Crippen LogP contribution in [0.1, 0.15) is 50.2 Å². The van der Waals surface area contributed by atoms with Gasteiger partial charge in [-0.15, -0.1) is 0 Å². The van der Waals surface area contributed by atoms with Gasteiger partial charge in [0.25, 0.3) is 0 Å². The fraction of sp³-hybridized carbons (Fsp3) is 0.462. The van der Waals surface area contributed by atoms with E-state index in [1.165, 1.54) is 11.8 Å². The first-order valence-corrected chi connectivity index (χ1v) is 15.0. The van der Waals surface area contributed by atoms with E-state index in [4.69, 9.17) is 23.2 Å². The summed E-state index contributed by atoms with van der Waals surface area (Å²) < 4.78 is 66.2. The molecule has 1 N–H and O–H groups in total. The van der Waals surface area contributed by atoms with Gasteiger partial charge in [0.2, 0.25) is 21.8 Å². The number of carbonyl (C=O) groups excluding carboxylic acids is 2. The third kappa shape index (κ3) is 8.49. The number of alkyl halides is 3. The number of hydrogen-bond acceptors (Lipinski definition) is 4. The number of amides is 2. The summed E-state index contributed by atoms with van der Waals surface area (Å²) in [5.74, 6) is -1.19. The zero-order valence-electron chi connectivity index (χ0n) is 21.5. The Kier molecular flexibility index (Phi) is 10.2. The highest BCUT2D eigenvalue weighted by Gasteiger charge is 2.36. The molecule has 0 saturated heterocycles. The van der Waals surface area contributed by atoms with Crippen molar-refractivity contribution in [1.29, 1.82) is 0 Å². The van der Waals surface area contributed by atoms with Crippen molar-refractivity contribution in [2.45, 2.75) is 63.8 Å². The molecule has 39 heavy (non-hydrogen) atoms. The van der Waals surface area contributed by atoms with Gasteiger partial charge < -0.3 is 10.2 Å². The molecule has 0 bridgehead atoms. The van der Waals surface area contributed by atoms with Crippen LogP contribution in [0.4, 0.5) is 18.9 Å². The van der Waals surface area contributed by atoms with Gasteiger partial charge in [0.1, 0.15) is 12.6 Å². The van der Waals surface area contributed by atoms with E-state index in [0.29, 0.717) is 21.0 Å². The third-order valence-electron chi connectivity index (χ3n) is 6.58. The minimum absolute atomic E-state index is 0.0285. The lowest BCUT2D eigenvalue weighted by Crippen LogP contribution is -2.53. The Labute approximate surface area is 236 Å². The number of nitrogens with one attached hydrogen (secondary N) is 1. The van der Waals surface area contributed by atoms with Gasteiger partial charge in [-0.2, -0.15) is 13.2 Å². The summed E-state index contributed by atoms with van der Waals surface area (Å²) in [5, 5.41) is 2.76. The lowest BCUT2D eigenvalue weighted by Gasteiger charge is -2.33. The van der Waals surface area contributed by atoms with Crippen molar-refractivity contribution >= 4 is 50.7 Å². The van der Waals surface area contributed by atoms with Gasteiger partial charge in [-0.05, 0) is 55.7 Å². The first kappa shape index (κ1) is 31.0. The molecule has 2 aromatic carbocycles. The van der Waals surface area contributed by atoms with E-state index in [0.717, 1.165) is 50.5 Å². The van der Waals surface area contributed by atoms with Crippen molar-refractivity contribution < 1.29 is 31.2 Å². The lowest BCUT2D eigenvalue weighted by molar-refractivity contribution is -0.139. The standard InChI is InChI=1S/C26H30Cl2F3N3O4S/c1-17(25(36)32-20-9-4-3-5-10-20)33(15-18-7-6-8-19(27)13-18)24(35)16-34(39(2,37)38)21-11-12-23(28)22(14-21)26(29,30)31/h6-8,11-14,17,20H,3-5,9-10,15-16H2,1-2H3,(H,32,36)/t17-/m1/s1. The second-order valence-corrected chi connectivity index (χ2v) is 12.4. The molecule has 2 amide bonds. The molecule has 2 aromatic rings. The molecule has 0 aliphatic heterocycles. The van der Waals surface area contributed by atoms with Crippen molar-refractivity contribution in [2.24, 2.45) is 0 Å². The van der Waals surface area contributed by atoms with E-state index < -0.39 is 51.2 Å². The molecular weight excluding hydrogens is 578 g/mol. The molecule has 1 saturated carbocycles. The van der Waals surface area contributed by atoms with Gasteiger partial charge in [-0.25, -0.2) is 8.42 Å². The van der Waals surface area contributed by atoms with Crippen LogP contribution in [0.25, 0.3) is 0 Å². The van der Waals surface area contributed by atoms with Gasteiger partial charge in [0.05, 0.1) is 22.5 Å². The molecule has 13 heteroatoms. The molecule has 7 nitrogen and oxygen atoms in total. The summed E-state index contributed by atoms with van der Waals surface area (Å²) in [5.41, 5.74) is -1.03. The van der Waals surface area contributed by atoms with Gasteiger partial charge in [0, 0.05) is 17.6 Å². The number of benzene rings is 2. The normalized spacial score (nSPS) is 15.5. The van der Waals surface area contributed by atoms with Crippen molar-refractivity contribution in [3.8, 4) is 0 Å². The summed E-state index contributed by atoms with van der Waals surface area (Å²) in [4.78, 5) is 28.0. The summed E-state index contributed by atoms with van der Waals surface area (Å²) in [6, 6.07) is 8.17. The van der Waals surface area contributed by atoms with Crippen molar-refractivity contribution in [3.63, 3.8) is 0 Å². The Balaban J connectivity index is 1.93. The van der Waals surface area contributed by atoms with Crippen LogP contribution in [0, 0.1) is 0 Å². The van der Waals surface area contributed by atoms with Gasteiger partial charge in [0.15, 0.2) is 0 Å². The molecule has 0 unspecified atom stereocenters. The SMILES string of the molecule is C[C@H](C(=O)NC1CCCCC1)N(Cc1cccc(Cl)c1)C(=O)CN(c1ccc(Cl)c(C(F)(F)F)c1)S(C)(=O)=O. The van der Waals surface area contributed by atoms with Crippen LogP contribution in [-0.4, -0.2) is 50.0 Å². The Morgan fingerprint density at radius 1 is 1.08 bits per heavy atom. The number of nitrogens with zero attached hydrogens (tertiary/aromatic N) is 2. The molecule has 0 spiro atoms. The number of anilines is 1. The fourth-order valence-electron chi connectivity index (χ4n) is 4.48. The Morgan fingerprint density at radius 3 is 2.33 bits per heavy atom. The summed E-state index contributed by atoms with van der Waals surface area (Å²) in [6.07, 6.45) is 0.627. The first-order valence-electron chi connectivity index (χ1n) is 12.4. The van der Waals surface area contributed by atoms with E-state index in [2.05, 4.69) is 5.32 Å². The van der Waals surface area contributed by atoms with Crippen molar-refractivity contribution in [1.82, 2.24) is 10.2 Å². The number of halogens is 5. The largest absolute Gasteiger partial charge is 0.417 e. The van der Waals surface area contributed by atoms with E-state index in [1.807, 2.05) is 0 Å². The quantitative estimate of drug-likeness (QED) is 0.399. The Hall–Kier alpha value is -2.50. The Bertz CT molecular complexity index is 1300. The average molecular weight is 609 g/mol. The number of sulfonamides is 1. The molecule has 1 fully saturated rings. The van der Waals surface area contributed by atoms with Crippen LogP contribution in [-0.2, 0) is 32.3 Å². The molecule has 0 aromatic heterocycles. The average Bonchev–Trinajstić information content (AvgIpc) is 2.85. The van der Waals surface area contributed by atoms with Crippen LogP contribution in [0.5, 0.6) is 0 Å². The topological polar surface area (TPSA) is 86.8 Å². The van der Waals surface area contributed by atoms with Crippen LogP contribution in [0.3, 0.4) is 0 Å². The maximum Gasteiger partial charge on any atom is 0.417 e. The number of hydrogen-bond donors (Lipinski definition) is 1. The van der Waals surface area contributed by atoms with Gasteiger partial charge in [-0.3, -0.25) is 13.9 Å². The smallest absolute Gasteiger partial charge is 0.352 e. The summed E-state index contributed by atoms with van der Waals surface area (Å²) in [7, 11) is -4.22. The second kappa shape index (κ2) is 12.8. The van der Waals surface area contributed by atoms with Crippen molar-refractivity contribution in [2.75, 3.05) is 17.1 Å². The van der Waals surface area contributed by atoms with Gasteiger partial charge in [-0.1, -0.05) is 54.6 Å². The van der Waals surface area contributed by atoms with Crippen LogP contribution >= 0.6 is 23.2 Å². The van der Waals surface area contributed by atoms with E-state index in [1.54, 1.807) is 24.3 Å². The molecule has 0 heterocycles. The molecular formula is C26H30Cl2F3N3O4S. The van der Waals surface area contributed by atoms with Crippen LogP contribution in [0.2, 0.25) is 10.0 Å². The molecule has 1 aliphatic rings. The molecule has 1 atom stereocenters. The minimum atomic E-state index is -4.84. The van der Waals surface area contributed by atoms with Crippen LogP contribution < -0.4 is 9.62 Å². The number of carbonyl (C=O) groups is 2. The zero-order valence-corrected chi connectivity index (χ0v) is 23.8. The maximum atomic E-state index is 13.6.